The van der Waals surface area contributed by atoms with Gasteiger partial charge in [-0.05, 0) is 39.0 Å². The van der Waals surface area contributed by atoms with Crippen LogP contribution >= 0.6 is 0 Å². The fourth-order valence-electron chi connectivity index (χ4n) is 2.58. The second kappa shape index (κ2) is 7.70. The number of rotatable bonds is 5. The van der Waals surface area contributed by atoms with Gasteiger partial charge in [0.1, 0.15) is 0 Å². The first-order valence-corrected chi connectivity index (χ1v) is 6.18. The third-order valence-corrected chi connectivity index (χ3v) is 3.67. The Kier molecular flexibility index (Phi) is 7.94. The zero-order valence-corrected chi connectivity index (χ0v) is 11.5. The van der Waals surface area contributed by atoms with Crippen molar-refractivity contribution < 1.29 is 21.5 Å². The van der Waals surface area contributed by atoms with E-state index in [0.29, 0.717) is 0 Å². The lowest BCUT2D eigenvalue weighted by atomic mass is 10.1. The Morgan fingerprint density at radius 1 is 0.929 bits per heavy atom. The fraction of sp³-hybridized carbons (Fsp3) is 1.00. The molecule has 1 fully saturated rings. The average molecular weight is 264 g/mol. The highest BCUT2D eigenvalue weighted by Crippen LogP contribution is 2.19. The van der Waals surface area contributed by atoms with E-state index in [-0.39, 0.29) is 17.0 Å². The lowest BCUT2D eigenvalue weighted by molar-refractivity contribution is -0.931. The summed E-state index contributed by atoms with van der Waals surface area (Å²) >= 11 is 0. The Bertz CT molecular complexity index is 130. The van der Waals surface area contributed by atoms with Crippen molar-refractivity contribution in [3.8, 4) is 0 Å². The van der Waals surface area contributed by atoms with Gasteiger partial charge in [-0.25, -0.2) is 0 Å². The third-order valence-electron chi connectivity index (χ3n) is 3.67. The first-order valence-electron chi connectivity index (χ1n) is 6.18. The number of hydrogen-bond donors (Lipinski definition) is 0. The van der Waals surface area contributed by atoms with E-state index < -0.39 is 0 Å². The van der Waals surface area contributed by atoms with Gasteiger partial charge >= 0.3 is 0 Å². The van der Waals surface area contributed by atoms with Gasteiger partial charge in [0.15, 0.2) is 0 Å². The van der Waals surface area contributed by atoms with E-state index in [1.54, 1.807) is 0 Å². The Morgan fingerprint density at radius 3 is 2.07 bits per heavy atom. The monoisotopic (exact) mass is 263 g/mol. The van der Waals surface area contributed by atoms with Crippen LogP contribution in [0.2, 0.25) is 0 Å². The van der Waals surface area contributed by atoms with E-state index in [0.717, 1.165) is 0 Å². The number of quaternary nitrogens is 1. The first-order chi connectivity index (χ1) is 6.33. The number of halogens is 1. The third kappa shape index (κ3) is 4.31. The molecule has 1 aliphatic heterocycles. The standard InChI is InChI=1S/C12H26N.BrH/c1-3-5-7-10-13(4-2)11-8-6-9-12-13;/h3-12H2,1-2H3;1H/q+1;/p-1. The van der Waals surface area contributed by atoms with Crippen molar-refractivity contribution in [3.05, 3.63) is 0 Å². The molecule has 0 aromatic heterocycles. The number of likely N-dealkylation sites (tertiary alicyclic amines) is 1. The molecule has 0 spiro atoms. The molecule has 0 aromatic carbocycles. The Labute approximate surface area is 100 Å². The van der Waals surface area contributed by atoms with E-state index >= 15 is 0 Å². The predicted octanol–water partition coefficient (Wildman–Crippen LogP) is 0.201. The summed E-state index contributed by atoms with van der Waals surface area (Å²) in [4.78, 5) is 0. The molecule has 86 valence electrons. The zero-order chi connectivity index (χ0) is 9.57. The maximum Gasteiger partial charge on any atom is 0.0786 e. The Balaban J connectivity index is 0.00000169. The maximum atomic E-state index is 2.37. The Morgan fingerprint density at radius 2 is 1.57 bits per heavy atom. The van der Waals surface area contributed by atoms with Gasteiger partial charge in [0.25, 0.3) is 0 Å². The molecule has 0 unspecified atom stereocenters. The zero-order valence-electron chi connectivity index (χ0n) is 9.90. The van der Waals surface area contributed by atoms with Crippen molar-refractivity contribution in [1.29, 1.82) is 0 Å². The van der Waals surface area contributed by atoms with Gasteiger partial charge in [-0.2, -0.15) is 0 Å². The number of unbranched alkanes of at least 4 members (excludes halogenated alkanes) is 2. The normalized spacial score (nSPS) is 20.1. The summed E-state index contributed by atoms with van der Waals surface area (Å²) in [6.07, 6.45) is 8.67. The lowest BCUT2D eigenvalue weighted by Crippen LogP contribution is -3.00. The quantitative estimate of drug-likeness (QED) is 0.491. The van der Waals surface area contributed by atoms with Gasteiger partial charge < -0.3 is 21.5 Å². The minimum atomic E-state index is 0. The summed E-state index contributed by atoms with van der Waals surface area (Å²) in [6, 6.07) is 0. The molecule has 0 N–H and O–H groups in total. The summed E-state index contributed by atoms with van der Waals surface area (Å²) in [5.41, 5.74) is 0. The lowest BCUT2D eigenvalue weighted by Gasteiger charge is -2.41. The number of piperidine rings is 1. The molecule has 14 heavy (non-hydrogen) atoms. The van der Waals surface area contributed by atoms with E-state index in [1.807, 2.05) is 0 Å². The summed E-state index contributed by atoms with van der Waals surface area (Å²) in [7, 11) is 0. The van der Waals surface area contributed by atoms with Crippen LogP contribution < -0.4 is 17.0 Å². The molecular formula is C12H26BrN. The molecule has 0 aromatic rings. The van der Waals surface area contributed by atoms with Gasteiger partial charge in [0, 0.05) is 0 Å². The van der Waals surface area contributed by atoms with Crippen molar-refractivity contribution in [2.75, 3.05) is 26.2 Å². The van der Waals surface area contributed by atoms with Crippen LogP contribution in [-0.2, 0) is 0 Å². The second-order valence-corrected chi connectivity index (χ2v) is 4.60. The van der Waals surface area contributed by atoms with E-state index in [1.165, 1.54) is 69.2 Å². The fourth-order valence-corrected chi connectivity index (χ4v) is 2.58. The smallest absolute Gasteiger partial charge is 0.0786 e. The van der Waals surface area contributed by atoms with Crippen LogP contribution in [0, 0.1) is 0 Å². The van der Waals surface area contributed by atoms with Crippen molar-refractivity contribution in [2.45, 2.75) is 52.4 Å². The molecule has 1 nitrogen and oxygen atoms in total. The van der Waals surface area contributed by atoms with Crippen molar-refractivity contribution in [3.63, 3.8) is 0 Å². The highest BCUT2D eigenvalue weighted by atomic mass is 79.9. The molecule has 0 amide bonds. The van der Waals surface area contributed by atoms with Gasteiger partial charge in [0.2, 0.25) is 0 Å². The molecule has 1 aliphatic rings. The van der Waals surface area contributed by atoms with Crippen LogP contribution in [0.5, 0.6) is 0 Å². The van der Waals surface area contributed by atoms with Crippen molar-refractivity contribution in [2.24, 2.45) is 0 Å². The van der Waals surface area contributed by atoms with Crippen molar-refractivity contribution >= 4 is 0 Å². The van der Waals surface area contributed by atoms with Gasteiger partial charge in [-0.15, -0.1) is 0 Å². The highest BCUT2D eigenvalue weighted by molar-refractivity contribution is 4.53. The summed E-state index contributed by atoms with van der Waals surface area (Å²) in [5.74, 6) is 0. The van der Waals surface area contributed by atoms with Crippen LogP contribution in [0.1, 0.15) is 52.4 Å². The van der Waals surface area contributed by atoms with Gasteiger partial charge in [0.05, 0.1) is 26.2 Å². The summed E-state index contributed by atoms with van der Waals surface area (Å²) < 4.78 is 1.43. The molecule has 1 heterocycles. The first kappa shape index (κ1) is 14.4. The molecule has 0 radical (unpaired) electrons. The molecule has 1 saturated heterocycles. The summed E-state index contributed by atoms with van der Waals surface area (Å²) in [6.45, 7) is 10.4. The van der Waals surface area contributed by atoms with Crippen LogP contribution in [0.4, 0.5) is 0 Å². The molecule has 2 heteroatoms. The second-order valence-electron chi connectivity index (χ2n) is 4.60. The number of hydrogen-bond acceptors (Lipinski definition) is 0. The average Bonchev–Trinajstić information content (AvgIpc) is 2.20. The van der Waals surface area contributed by atoms with E-state index in [2.05, 4.69) is 13.8 Å². The molecule has 0 atom stereocenters. The minimum absolute atomic E-state index is 0. The highest BCUT2D eigenvalue weighted by Gasteiger charge is 2.26. The summed E-state index contributed by atoms with van der Waals surface area (Å²) in [5, 5.41) is 0. The number of nitrogens with zero attached hydrogens (tertiary/aromatic N) is 1. The molecular weight excluding hydrogens is 238 g/mol. The molecule has 0 aliphatic carbocycles. The van der Waals surface area contributed by atoms with Crippen LogP contribution in [0.25, 0.3) is 0 Å². The van der Waals surface area contributed by atoms with Gasteiger partial charge in [-0.3, -0.25) is 0 Å². The van der Waals surface area contributed by atoms with E-state index in [4.69, 9.17) is 0 Å². The van der Waals surface area contributed by atoms with Crippen molar-refractivity contribution in [1.82, 2.24) is 0 Å². The predicted molar refractivity (Wildman–Crippen MR) is 58.8 cm³/mol. The maximum absolute atomic E-state index is 2.37. The molecule has 1 rings (SSSR count). The topological polar surface area (TPSA) is 0 Å². The largest absolute Gasteiger partial charge is 1.00 e. The van der Waals surface area contributed by atoms with Gasteiger partial charge in [-0.1, -0.05) is 13.3 Å². The molecule has 0 saturated carbocycles. The van der Waals surface area contributed by atoms with Crippen LogP contribution in [0.15, 0.2) is 0 Å². The molecule has 0 bridgehead atoms. The van der Waals surface area contributed by atoms with Crippen LogP contribution in [-0.4, -0.2) is 30.7 Å². The Hall–Kier alpha value is 0.440. The van der Waals surface area contributed by atoms with E-state index in [9.17, 15) is 0 Å². The van der Waals surface area contributed by atoms with Crippen LogP contribution in [0.3, 0.4) is 0 Å². The minimum Gasteiger partial charge on any atom is -1.00 e. The SMILES string of the molecule is CCCCC[N+]1(CC)CCCCC1.[Br-].